The Hall–Kier alpha value is -2.49. The van der Waals surface area contributed by atoms with Crippen molar-refractivity contribution in [2.45, 2.75) is 58.5 Å². The highest BCUT2D eigenvalue weighted by Gasteiger charge is 2.30. The Morgan fingerprint density at radius 3 is 2.76 bits per heavy atom. The van der Waals surface area contributed by atoms with Gasteiger partial charge in [-0.25, -0.2) is 0 Å². The minimum Gasteiger partial charge on any atom is -0.492 e. The van der Waals surface area contributed by atoms with E-state index >= 15 is 0 Å². The fourth-order valence-corrected chi connectivity index (χ4v) is 4.50. The third-order valence-corrected chi connectivity index (χ3v) is 5.82. The summed E-state index contributed by atoms with van der Waals surface area (Å²) < 4.78 is 17.0. The molecule has 2 aliphatic rings. The molecular weight excluding hydrogens is 364 g/mol. The highest BCUT2D eigenvalue weighted by Crippen LogP contribution is 2.42. The van der Waals surface area contributed by atoms with Crippen molar-refractivity contribution < 1.29 is 19.0 Å². The number of hydrogen-bond donors (Lipinski definition) is 0. The van der Waals surface area contributed by atoms with E-state index in [4.69, 9.17) is 14.2 Å². The molecule has 0 spiro atoms. The zero-order chi connectivity index (χ0) is 20.6. The maximum Gasteiger partial charge on any atom is 0.306 e. The first-order valence-electron chi connectivity index (χ1n) is 10.4. The van der Waals surface area contributed by atoms with Crippen LogP contribution >= 0.6 is 0 Å². The van der Waals surface area contributed by atoms with E-state index < -0.39 is 0 Å². The molecule has 4 rings (SSSR count). The number of fused-ring (bicyclic) bond motifs is 2. The van der Waals surface area contributed by atoms with E-state index in [0.29, 0.717) is 13.0 Å². The molecule has 4 nitrogen and oxygen atoms in total. The van der Waals surface area contributed by atoms with E-state index in [-0.39, 0.29) is 23.4 Å². The van der Waals surface area contributed by atoms with Crippen LogP contribution in [0.25, 0.3) is 0 Å². The second-order valence-corrected chi connectivity index (χ2v) is 9.36. The molecule has 1 heterocycles. The molecule has 0 N–H and O–H groups in total. The van der Waals surface area contributed by atoms with Crippen molar-refractivity contribution >= 4 is 5.97 Å². The van der Waals surface area contributed by atoms with Crippen molar-refractivity contribution in [1.29, 1.82) is 0 Å². The summed E-state index contributed by atoms with van der Waals surface area (Å²) in [7, 11) is 1.42. The van der Waals surface area contributed by atoms with Gasteiger partial charge in [-0.3, -0.25) is 4.79 Å². The highest BCUT2D eigenvalue weighted by molar-refractivity contribution is 5.71. The lowest BCUT2D eigenvalue weighted by Crippen LogP contribution is -2.11. The van der Waals surface area contributed by atoms with Crippen LogP contribution in [0.4, 0.5) is 0 Å². The Kier molecular flexibility index (Phi) is 5.28. The summed E-state index contributed by atoms with van der Waals surface area (Å²) in [5.74, 6) is 1.48. The topological polar surface area (TPSA) is 44.8 Å². The zero-order valence-corrected chi connectivity index (χ0v) is 17.8. The molecule has 0 aromatic heterocycles. The molecule has 0 bridgehead atoms. The SMILES string of the molecule is COC(=O)C[C@@H]1COc2cc(O[C@@H]3CCc4c(CC(C)(C)C)cccc43)ccc21. The first-order chi connectivity index (χ1) is 13.8. The average molecular weight is 395 g/mol. The Morgan fingerprint density at radius 1 is 1.17 bits per heavy atom. The molecule has 2 atom stereocenters. The van der Waals surface area contributed by atoms with Crippen LogP contribution in [0.3, 0.4) is 0 Å². The van der Waals surface area contributed by atoms with Gasteiger partial charge in [0.2, 0.25) is 0 Å². The van der Waals surface area contributed by atoms with Gasteiger partial charge in [-0.05, 0) is 47.4 Å². The van der Waals surface area contributed by atoms with Crippen molar-refractivity contribution in [2.75, 3.05) is 13.7 Å². The summed E-state index contributed by atoms with van der Waals surface area (Å²) >= 11 is 0. The van der Waals surface area contributed by atoms with Crippen LogP contribution < -0.4 is 9.47 Å². The quantitative estimate of drug-likeness (QED) is 0.639. The minimum atomic E-state index is -0.208. The number of methoxy groups -OCH3 is 1. The Balaban J connectivity index is 1.50. The molecular formula is C25H30O4. The molecule has 0 saturated heterocycles. The standard InChI is InChI=1S/C25H30O4/c1-25(2,3)14-16-6-5-7-21-19(16)10-11-22(21)29-18-8-9-20-17(12-24(26)27-4)15-28-23(20)13-18/h5-9,13,17,22H,10-12,14-15H2,1-4H3/t17-,22-/m1/s1. The highest BCUT2D eigenvalue weighted by atomic mass is 16.5. The van der Waals surface area contributed by atoms with Gasteiger partial charge in [0.15, 0.2) is 0 Å². The van der Waals surface area contributed by atoms with E-state index in [1.54, 1.807) is 0 Å². The van der Waals surface area contributed by atoms with Gasteiger partial charge in [0.25, 0.3) is 0 Å². The average Bonchev–Trinajstić information content (AvgIpc) is 3.25. The predicted octanol–water partition coefficient (Wildman–Crippen LogP) is 5.38. The maximum atomic E-state index is 11.6. The van der Waals surface area contributed by atoms with Crippen molar-refractivity contribution in [3.8, 4) is 11.5 Å². The number of carbonyl (C=O) groups excluding carboxylic acids is 1. The molecule has 0 saturated carbocycles. The summed E-state index contributed by atoms with van der Waals surface area (Å²) in [6.07, 6.45) is 3.57. The number of esters is 1. The molecule has 2 aromatic rings. The smallest absolute Gasteiger partial charge is 0.306 e. The Bertz CT molecular complexity index is 910. The summed E-state index contributed by atoms with van der Waals surface area (Å²) in [5.41, 5.74) is 5.55. The maximum absolute atomic E-state index is 11.6. The van der Waals surface area contributed by atoms with E-state index in [1.807, 2.05) is 18.2 Å². The number of hydrogen-bond acceptors (Lipinski definition) is 4. The normalized spacial score (nSPS) is 20.0. The van der Waals surface area contributed by atoms with Crippen molar-refractivity contribution in [3.05, 3.63) is 58.7 Å². The van der Waals surface area contributed by atoms with Gasteiger partial charge in [-0.15, -0.1) is 0 Å². The molecule has 0 amide bonds. The van der Waals surface area contributed by atoms with Gasteiger partial charge in [0, 0.05) is 17.5 Å². The number of carbonyl (C=O) groups is 1. The molecule has 0 radical (unpaired) electrons. The van der Waals surface area contributed by atoms with E-state index in [1.165, 1.54) is 23.8 Å². The van der Waals surface area contributed by atoms with Crippen LogP contribution in [-0.2, 0) is 22.4 Å². The largest absolute Gasteiger partial charge is 0.492 e. The molecule has 1 aliphatic carbocycles. The minimum absolute atomic E-state index is 0.0543. The van der Waals surface area contributed by atoms with Gasteiger partial charge in [-0.2, -0.15) is 0 Å². The lowest BCUT2D eigenvalue weighted by Gasteiger charge is -2.21. The summed E-state index contributed by atoms with van der Waals surface area (Å²) in [4.78, 5) is 11.6. The molecule has 0 fully saturated rings. The van der Waals surface area contributed by atoms with Crippen molar-refractivity contribution in [2.24, 2.45) is 5.41 Å². The fraction of sp³-hybridized carbons (Fsp3) is 0.480. The Morgan fingerprint density at radius 2 is 2.00 bits per heavy atom. The third kappa shape index (κ3) is 4.26. The summed E-state index contributed by atoms with van der Waals surface area (Å²) in [6, 6.07) is 12.6. The second-order valence-electron chi connectivity index (χ2n) is 9.36. The van der Waals surface area contributed by atoms with E-state index in [2.05, 4.69) is 39.0 Å². The van der Waals surface area contributed by atoms with Crippen LogP contribution in [0.2, 0.25) is 0 Å². The van der Waals surface area contributed by atoms with E-state index in [0.717, 1.165) is 36.3 Å². The lowest BCUT2D eigenvalue weighted by molar-refractivity contribution is -0.141. The van der Waals surface area contributed by atoms with Crippen LogP contribution in [0.5, 0.6) is 11.5 Å². The van der Waals surface area contributed by atoms with Crippen LogP contribution in [0, 0.1) is 5.41 Å². The fourth-order valence-electron chi connectivity index (χ4n) is 4.50. The molecule has 4 heteroatoms. The van der Waals surface area contributed by atoms with E-state index in [9.17, 15) is 4.79 Å². The zero-order valence-electron chi connectivity index (χ0n) is 17.8. The monoisotopic (exact) mass is 394 g/mol. The predicted molar refractivity (Wildman–Crippen MR) is 113 cm³/mol. The molecule has 2 aromatic carbocycles. The number of benzene rings is 2. The van der Waals surface area contributed by atoms with Gasteiger partial charge in [0.1, 0.15) is 17.6 Å². The summed E-state index contributed by atoms with van der Waals surface area (Å²) in [6.45, 7) is 7.37. The van der Waals surface area contributed by atoms with Crippen LogP contribution in [-0.4, -0.2) is 19.7 Å². The molecule has 29 heavy (non-hydrogen) atoms. The first-order valence-corrected chi connectivity index (χ1v) is 10.4. The van der Waals surface area contributed by atoms with Crippen molar-refractivity contribution in [3.63, 3.8) is 0 Å². The lowest BCUT2D eigenvalue weighted by atomic mass is 9.85. The van der Waals surface area contributed by atoms with Gasteiger partial charge >= 0.3 is 5.97 Å². The summed E-state index contributed by atoms with van der Waals surface area (Å²) in [5, 5.41) is 0. The first kappa shape index (κ1) is 19.8. The Labute approximate surface area is 173 Å². The van der Waals surface area contributed by atoms with Crippen LogP contribution in [0.1, 0.15) is 67.9 Å². The molecule has 154 valence electrons. The molecule has 0 unspecified atom stereocenters. The third-order valence-electron chi connectivity index (χ3n) is 5.82. The van der Waals surface area contributed by atoms with Gasteiger partial charge in [-0.1, -0.05) is 45.0 Å². The number of rotatable bonds is 5. The number of ether oxygens (including phenoxy) is 3. The second kappa shape index (κ2) is 7.74. The van der Waals surface area contributed by atoms with Gasteiger partial charge < -0.3 is 14.2 Å². The van der Waals surface area contributed by atoms with Crippen LogP contribution in [0.15, 0.2) is 36.4 Å². The van der Waals surface area contributed by atoms with Crippen molar-refractivity contribution in [1.82, 2.24) is 0 Å². The molecule has 1 aliphatic heterocycles. The van der Waals surface area contributed by atoms with Gasteiger partial charge in [0.05, 0.1) is 20.1 Å².